The summed E-state index contributed by atoms with van der Waals surface area (Å²) in [4.78, 5) is 4.78. The molecule has 3 heteroatoms. The Morgan fingerprint density at radius 3 is 2.50 bits per heavy atom. The predicted molar refractivity (Wildman–Crippen MR) is 82.7 cm³/mol. The van der Waals surface area contributed by atoms with Crippen LogP contribution in [-0.4, -0.2) is 16.1 Å². The average molecular weight is 265 g/mol. The molecular formula is C17H19N3. The molecule has 3 aromatic rings. The van der Waals surface area contributed by atoms with E-state index < -0.39 is 0 Å². The molecule has 102 valence electrons. The highest BCUT2D eigenvalue weighted by Crippen LogP contribution is 2.18. The van der Waals surface area contributed by atoms with Gasteiger partial charge in [0.1, 0.15) is 5.82 Å². The number of nitrogens with zero attached hydrogens (tertiary/aromatic N) is 2. The van der Waals surface area contributed by atoms with Crippen LogP contribution in [0.1, 0.15) is 17.8 Å². The van der Waals surface area contributed by atoms with Gasteiger partial charge in [-0.15, -0.1) is 0 Å². The molecule has 3 rings (SSSR count). The number of rotatable bonds is 5. The van der Waals surface area contributed by atoms with Crippen LogP contribution in [-0.2, 0) is 13.0 Å². The van der Waals surface area contributed by atoms with E-state index in [9.17, 15) is 0 Å². The maximum atomic E-state index is 5.66. The van der Waals surface area contributed by atoms with Gasteiger partial charge in [0, 0.05) is 13.0 Å². The van der Waals surface area contributed by atoms with E-state index in [1.807, 2.05) is 12.1 Å². The molecular weight excluding hydrogens is 246 g/mol. The molecule has 1 aromatic heterocycles. The van der Waals surface area contributed by atoms with Crippen molar-refractivity contribution in [1.29, 1.82) is 0 Å². The van der Waals surface area contributed by atoms with Gasteiger partial charge < -0.3 is 10.3 Å². The summed E-state index contributed by atoms with van der Waals surface area (Å²) >= 11 is 0. The van der Waals surface area contributed by atoms with E-state index in [4.69, 9.17) is 10.7 Å². The highest BCUT2D eigenvalue weighted by atomic mass is 15.1. The fraction of sp³-hybridized carbons (Fsp3) is 0.235. The standard InChI is InChI=1S/C17H19N3/c18-11-6-12-20-16-10-5-4-9-15(16)19-17(20)13-14-7-2-1-3-8-14/h1-5,7-10H,6,11-13,18H2. The number of aromatic nitrogens is 2. The predicted octanol–water partition coefficient (Wildman–Crippen LogP) is 2.98. The van der Waals surface area contributed by atoms with Crippen molar-refractivity contribution < 1.29 is 0 Å². The monoisotopic (exact) mass is 265 g/mol. The quantitative estimate of drug-likeness (QED) is 0.770. The SMILES string of the molecule is NCCCn1c(Cc2ccccc2)nc2ccccc21. The first kappa shape index (κ1) is 12.9. The van der Waals surface area contributed by atoms with Crippen LogP contribution < -0.4 is 5.73 Å². The Balaban J connectivity index is 2.00. The van der Waals surface area contributed by atoms with Gasteiger partial charge in [-0.1, -0.05) is 42.5 Å². The van der Waals surface area contributed by atoms with Gasteiger partial charge in [0.2, 0.25) is 0 Å². The normalized spacial score (nSPS) is 11.1. The number of hydrogen-bond donors (Lipinski definition) is 1. The summed E-state index contributed by atoms with van der Waals surface area (Å²) in [6.45, 7) is 1.64. The van der Waals surface area contributed by atoms with Crippen LogP contribution in [0.4, 0.5) is 0 Å². The maximum Gasteiger partial charge on any atom is 0.114 e. The average Bonchev–Trinajstić information content (AvgIpc) is 2.83. The highest BCUT2D eigenvalue weighted by molar-refractivity contribution is 5.76. The van der Waals surface area contributed by atoms with E-state index >= 15 is 0 Å². The molecule has 0 aliphatic carbocycles. The van der Waals surface area contributed by atoms with E-state index in [2.05, 4.69) is 47.0 Å². The molecule has 0 saturated carbocycles. The first-order valence-electron chi connectivity index (χ1n) is 7.06. The van der Waals surface area contributed by atoms with Crippen molar-refractivity contribution in [1.82, 2.24) is 9.55 Å². The molecule has 0 spiro atoms. The summed E-state index contributed by atoms with van der Waals surface area (Å²) in [5.41, 5.74) is 9.21. The molecule has 0 unspecified atom stereocenters. The summed E-state index contributed by atoms with van der Waals surface area (Å²) in [5, 5.41) is 0. The van der Waals surface area contributed by atoms with Crippen molar-refractivity contribution >= 4 is 11.0 Å². The molecule has 0 aliphatic rings. The third-order valence-corrected chi connectivity index (χ3v) is 3.52. The fourth-order valence-corrected chi connectivity index (χ4v) is 2.54. The van der Waals surface area contributed by atoms with Gasteiger partial charge in [-0.2, -0.15) is 0 Å². The Hall–Kier alpha value is -2.13. The molecule has 3 nitrogen and oxygen atoms in total. The minimum absolute atomic E-state index is 0.706. The Bertz CT molecular complexity index is 686. The van der Waals surface area contributed by atoms with Crippen LogP contribution in [0.15, 0.2) is 54.6 Å². The fourth-order valence-electron chi connectivity index (χ4n) is 2.54. The molecule has 0 radical (unpaired) electrons. The summed E-state index contributed by atoms with van der Waals surface area (Å²) < 4.78 is 2.30. The van der Waals surface area contributed by atoms with Gasteiger partial charge in [0.05, 0.1) is 11.0 Å². The number of benzene rings is 2. The van der Waals surface area contributed by atoms with Crippen molar-refractivity contribution in [2.45, 2.75) is 19.4 Å². The summed E-state index contributed by atoms with van der Waals surface area (Å²) in [6, 6.07) is 18.8. The number of hydrogen-bond acceptors (Lipinski definition) is 2. The third-order valence-electron chi connectivity index (χ3n) is 3.52. The second-order valence-corrected chi connectivity index (χ2v) is 4.97. The lowest BCUT2D eigenvalue weighted by molar-refractivity contribution is 0.640. The van der Waals surface area contributed by atoms with Crippen LogP contribution in [0.2, 0.25) is 0 Å². The van der Waals surface area contributed by atoms with Crippen molar-refractivity contribution in [2.75, 3.05) is 6.54 Å². The molecule has 0 amide bonds. The molecule has 2 N–H and O–H groups in total. The molecule has 0 atom stereocenters. The summed E-state index contributed by atoms with van der Waals surface area (Å²) in [7, 11) is 0. The van der Waals surface area contributed by atoms with Gasteiger partial charge in [0.15, 0.2) is 0 Å². The van der Waals surface area contributed by atoms with E-state index in [-0.39, 0.29) is 0 Å². The van der Waals surface area contributed by atoms with Crippen molar-refractivity contribution in [2.24, 2.45) is 5.73 Å². The number of para-hydroxylation sites is 2. The van der Waals surface area contributed by atoms with Gasteiger partial charge >= 0.3 is 0 Å². The van der Waals surface area contributed by atoms with Crippen molar-refractivity contribution in [3.8, 4) is 0 Å². The summed E-state index contributed by atoms with van der Waals surface area (Å²) in [6.07, 6.45) is 1.84. The van der Waals surface area contributed by atoms with Crippen LogP contribution in [0.3, 0.4) is 0 Å². The lowest BCUT2D eigenvalue weighted by Gasteiger charge is -2.08. The zero-order valence-electron chi connectivity index (χ0n) is 11.5. The Morgan fingerprint density at radius 1 is 0.950 bits per heavy atom. The zero-order chi connectivity index (χ0) is 13.8. The van der Waals surface area contributed by atoms with Crippen LogP contribution in [0.25, 0.3) is 11.0 Å². The Morgan fingerprint density at radius 2 is 1.70 bits per heavy atom. The highest BCUT2D eigenvalue weighted by Gasteiger charge is 2.10. The van der Waals surface area contributed by atoms with Crippen molar-refractivity contribution in [3.63, 3.8) is 0 Å². The molecule has 0 fully saturated rings. The molecule has 0 bridgehead atoms. The van der Waals surface area contributed by atoms with Crippen LogP contribution in [0.5, 0.6) is 0 Å². The number of imidazole rings is 1. The summed E-state index contributed by atoms with van der Waals surface area (Å²) in [5.74, 6) is 1.12. The van der Waals surface area contributed by atoms with Crippen LogP contribution in [0, 0.1) is 0 Å². The van der Waals surface area contributed by atoms with E-state index in [1.165, 1.54) is 11.1 Å². The van der Waals surface area contributed by atoms with Crippen LogP contribution >= 0.6 is 0 Å². The number of aryl methyl sites for hydroxylation is 1. The minimum Gasteiger partial charge on any atom is -0.330 e. The number of fused-ring (bicyclic) bond motifs is 1. The van der Waals surface area contributed by atoms with E-state index in [0.29, 0.717) is 6.54 Å². The minimum atomic E-state index is 0.706. The van der Waals surface area contributed by atoms with Gasteiger partial charge in [0.25, 0.3) is 0 Å². The first-order chi connectivity index (χ1) is 9.88. The topological polar surface area (TPSA) is 43.8 Å². The smallest absolute Gasteiger partial charge is 0.114 e. The third kappa shape index (κ3) is 2.58. The molecule has 0 saturated heterocycles. The van der Waals surface area contributed by atoms with E-state index in [1.54, 1.807) is 0 Å². The van der Waals surface area contributed by atoms with Gasteiger partial charge in [-0.25, -0.2) is 4.98 Å². The lowest BCUT2D eigenvalue weighted by atomic mass is 10.1. The number of nitrogens with two attached hydrogens (primary N) is 1. The second kappa shape index (κ2) is 5.88. The molecule has 1 heterocycles. The Kier molecular flexibility index (Phi) is 3.79. The molecule has 20 heavy (non-hydrogen) atoms. The van der Waals surface area contributed by atoms with Crippen molar-refractivity contribution in [3.05, 3.63) is 66.0 Å². The first-order valence-corrected chi connectivity index (χ1v) is 7.06. The largest absolute Gasteiger partial charge is 0.330 e. The van der Waals surface area contributed by atoms with Gasteiger partial charge in [-0.05, 0) is 30.7 Å². The Labute approximate surface area is 119 Å². The molecule has 2 aromatic carbocycles. The molecule has 0 aliphatic heterocycles. The maximum absolute atomic E-state index is 5.66. The van der Waals surface area contributed by atoms with E-state index in [0.717, 1.165) is 30.7 Å². The zero-order valence-corrected chi connectivity index (χ0v) is 11.5. The lowest BCUT2D eigenvalue weighted by Crippen LogP contribution is -2.09. The second-order valence-electron chi connectivity index (χ2n) is 4.97. The van der Waals surface area contributed by atoms with Gasteiger partial charge in [-0.3, -0.25) is 0 Å².